The molecule has 0 aromatic heterocycles. The van der Waals surface area contributed by atoms with Gasteiger partial charge in [0.25, 0.3) is 0 Å². The van der Waals surface area contributed by atoms with Gasteiger partial charge >= 0.3 is 6.18 Å². The van der Waals surface area contributed by atoms with E-state index in [9.17, 15) is 18.3 Å². The first kappa shape index (κ1) is 16.9. The molecule has 1 rings (SSSR count). The molecule has 114 valence electrons. The maximum absolute atomic E-state index is 12.6. The number of hydrogen-bond acceptors (Lipinski definition) is 3. The van der Waals surface area contributed by atoms with Gasteiger partial charge in [-0.2, -0.15) is 13.2 Å². The van der Waals surface area contributed by atoms with E-state index in [-0.39, 0.29) is 12.1 Å². The predicted octanol–water partition coefficient (Wildman–Crippen LogP) is 2.54. The van der Waals surface area contributed by atoms with E-state index in [1.54, 1.807) is 0 Å². The summed E-state index contributed by atoms with van der Waals surface area (Å²) in [7, 11) is 0. The molecule has 0 bridgehead atoms. The van der Waals surface area contributed by atoms with Gasteiger partial charge in [-0.15, -0.1) is 0 Å². The Hall–Kier alpha value is -1.11. The summed E-state index contributed by atoms with van der Waals surface area (Å²) in [5.74, 6) is 0. The highest BCUT2D eigenvalue weighted by Gasteiger charge is 2.32. The molecule has 1 aromatic rings. The van der Waals surface area contributed by atoms with Crippen LogP contribution in [0.3, 0.4) is 0 Å². The lowest BCUT2D eigenvalue weighted by Gasteiger charge is -2.25. The molecule has 0 saturated carbocycles. The Morgan fingerprint density at radius 2 is 1.90 bits per heavy atom. The number of aliphatic hydroxyl groups is 1. The van der Waals surface area contributed by atoms with Crippen LogP contribution in [-0.4, -0.2) is 31.4 Å². The van der Waals surface area contributed by atoms with E-state index in [2.05, 4.69) is 5.32 Å². The number of halogens is 3. The third kappa shape index (κ3) is 5.11. The molecule has 0 radical (unpaired) electrons. The van der Waals surface area contributed by atoms with Crippen molar-refractivity contribution in [2.75, 3.05) is 26.3 Å². The molecule has 0 heterocycles. The monoisotopic (exact) mass is 291 g/mol. The van der Waals surface area contributed by atoms with Gasteiger partial charge in [0, 0.05) is 19.7 Å². The number of ether oxygens (including phenoxy) is 1. The topological polar surface area (TPSA) is 41.5 Å². The summed E-state index contributed by atoms with van der Waals surface area (Å²) in [6.45, 7) is 5.14. The van der Waals surface area contributed by atoms with E-state index in [0.29, 0.717) is 19.8 Å². The minimum atomic E-state index is -4.41. The quantitative estimate of drug-likeness (QED) is 0.759. The van der Waals surface area contributed by atoms with Crippen LogP contribution in [-0.2, 0) is 16.5 Å². The Kier molecular flexibility index (Phi) is 5.98. The SMILES string of the molecule is CCOCCNCC(C)(O)c1cccc(C(F)(F)F)c1. The number of rotatable bonds is 7. The van der Waals surface area contributed by atoms with E-state index in [4.69, 9.17) is 4.74 Å². The van der Waals surface area contributed by atoms with Crippen molar-refractivity contribution in [3.63, 3.8) is 0 Å². The zero-order chi connectivity index (χ0) is 15.2. The molecule has 1 unspecified atom stereocenters. The fraction of sp³-hybridized carbons (Fsp3) is 0.571. The molecule has 0 fully saturated rings. The molecular weight excluding hydrogens is 271 g/mol. The fourth-order valence-electron chi connectivity index (χ4n) is 1.75. The minimum absolute atomic E-state index is 0.154. The van der Waals surface area contributed by atoms with Crippen molar-refractivity contribution in [1.82, 2.24) is 5.32 Å². The maximum Gasteiger partial charge on any atom is 0.416 e. The summed E-state index contributed by atoms with van der Waals surface area (Å²) in [6, 6.07) is 4.75. The zero-order valence-electron chi connectivity index (χ0n) is 11.6. The van der Waals surface area contributed by atoms with Gasteiger partial charge in [-0.1, -0.05) is 12.1 Å². The Labute approximate surface area is 116 Å². The Morgan fingerprint density at radius 1 is 1.25 bits per heavy atom. The average Bonchev–Trinajstić information content (AvgIpc) is 2.37. The standard InChI is InChI=1S/C14H20F3NO2/c1-3-20-8-7-18-10-13(2,19)11-5-4-6-12(9-11)14(15,16)17/h4-6,9,18-19H,3,7-8,10H2,1-2H3. The molecular formula is C14H20F3NO2. The van der Waals surface area contributed by atoms with Gasteiger partial charge in [-0.3, -0.25) is 0 Å². The van der Waals surface area contributed by atoms with Crippen LogP contribution in [0.2, 0.25) is 0 Å². The van der Waals surface area contributed by atoms with Crippen molar-refractivity contribution < 1.29 is 23.0 Å². The Bertz CT molecular complexity index is 419. The van der Waals surface area contributed by atoms with Gasteiger partial charge in [0.15, 0.2) is 0 Å². The first-order chi connectivity index (χ1) is 9.27. The van der Waals surface area contributed by atoms with Crippen molar-refractivity contribution in [2.24, 2.45) is 0 Å². The third-order valence-corrected chi connectivity index (χ3v) is 2.91. The normalized spacial score (nSPS) is 15.1. The summed E-state index contributed by atoms with van der Waals surface area (Å²) < 4.78 is 43.0. The highest BCUT2D eigenvalue weighted by atomic mass is 19.4. The number of alkyl halides is 3. The lowest BCUT2D eigenvalue weighted by Crippen LogP contribution is -2.37. The molecule has 6 heteroatoms. The van der Waals surface area contributed by atoms with Gasteiger partial charge in [0.2, 0.25) is 0 Å². The smallest absolute Gasteiger partial charge is 0.384 e. The van der Waals surface area contributed by atoms with Gasteiger partial charge in [-0.05, 0) is 31.5 Å². The zero-order valence-corrected chi connectivity index (χ0v) is 11.6. The van der Waals surface area contributed by atoms with E-state index < -0.39 is 17.3 Å². The molecule has 1 atom stereocenters. The van der Waals surface area contributed by atoms with Gasteiger partial charge in [-0.25, -0.2) is 0 Å². The van der Waals surface area contributed by atoms with Crippen LogP contribution in [0.15, 0.2) is 24.3 Å². The molecule has 0 aliphatic rings. The van der Waals surface area contributed by atoms with Crippen LogP contribution < -0.4 is 5.32 Å². The van der Waals surface area contributed by atoms with Crippen molar-refractivity contribution >= 4 is 0 Å². The van der Waals surface area contributed by atoms with Gasteiger partial charge in [0.1, 0.15) is 0 Å². The minimum Gasteiger partial charge on any atom is -0.384 e. The van der Waals surface area contributed by atoms with Crippen LogP contribution >= 0.6 is 0 Å². The second-order valence-electron chi connectivity index (χ2n) is 4.73. The highest BCUT2D eigenvalue weighted by molar-refractivity contribution is 5.29. The summed E-state index contributed by atoms with van der Waals surface area (Å²) in [6.07, 6.45) is -4.41. The summed E-state index contributed by atoms with van der Waals surface area (Å²) in [4.78, 5) is 0. The van der Waals surface area contributed by atoms with Crippen molar-refractivity contribution in [1.29, 1.82) is 0 Å². The molecule has 3 nitrogen and oxygen atoms in total. The molecule has 2 N–H and O–H groups in total. The Balaban J connectivity index is 2.67. The fourth-order valence-corrected chi connectivity index (χ4v) is 1.75. The van der Waals surface area contributed by atoms with E-state index >= 15 is 0 Å². The van der Waals surface area contributed by atoms with Crippen LogP contribution in [0.25, 0.3) is 0 Å². The van der Waals surface area contributed by atoms with Crippen molar-refractivity contribution in [3.05, 3.63) is 35.4 Å². The van der Waals surface area contributed by atoms with Crippen LogP contribution in [0.4, 0.5) is 13.2 Å². The molecule has 20 heavy (non-hydrogen) atoms. The van der Waals surface area contributed by atoms with Crippen LogP contribution in [0.1, 0.15) is 25.0 Å². The lowest BCUT2D eigenvalue weighted by atomic mass is 9.94. The van der Waals surface area contributed by atoms with E-state index in [1.807, 2.05) is 6.92 Å². The number of hydrogen-bond donors (Lipinski definition) is 2. The molecule has 0 aliphatic carbocycles. The Morgan fingerprint density at radius 3 is 2.50 bits per heavy atom. The first-order valence-corrected chi connectivity index (χ1v) is 6.46. The second-order valence-corrected chi connectivity index (χ2v) is 4.73. The van der Waals surface area contributed by atoms with Crippen LogP contribution in [0, 0.1) is 0 Å². The van der Waals surface area contributed by atoms with E-state index in [1.165, 1.54) is 19.1 Å². The van der Waals surface area contributed by atoms with Gasteiger partial charge < -0.3 is 15.2 Å². The summed E-state index contributed by atoms with van der Waals surface area (Å²) in [5.41, 5.74) is -1.89. The van der Waals surface area contributed by atoms with Crippen LogP contribution in [0.5, 0.6) is 0 Å². The van der Waals surface area contributed by atoms with Crippen molar-refractivity contribution in [2.45, 2.75) is 25.6 Å². The number of nitrogens with one attached hydrogen (secondary N) is 1. The largest absolute Gasteiger partial charge is 0.416 e. The highest BCUT2D eigenvalue weighted by Crippen LogP contribution is 2.31. The molecule has 0 saturated heterocycles. The molecule has 1 aromatic carbocycles. The average molecular weight is 291 g/mol. The second kappa shape index (κ2) is 7.06. The van der Waals surface area contributed by atoms with Crippen molar-refractivity contribution in [3.8, 4) is 0 Å². The van der Waals surface area contributed by atoms with E-state index in [0.717, 1.165) is 12.1 Å². The first-order valence-electron chi connectivity index (χ1n) is 6.46. The summed E-state index contributed by atoms with van der Waals surface area (Å²) in [5, 5.41) is 13.2. The molecule has 0 aliphatic heterocycles. The summed E-state index contributed by atoms with van der Waals surface area (Å²) >= 11 is 0. The molecule has 0 amide bonds. The predicted molar refractivity (Wildman–Crippen MR) is 70.4 cm³/mol. The number of benzene rings is 1. The maximum atomic E-state index is 12.6. The lowest BCUT2D eigenvalue weighted by molar-refractivity contribution is -0.137. The van der Waals surface area contributed by atoms with Gasteiger partial charge in [0.05, 0.1) is 17.8 Å². The third-order valence-electron chi connectivity index (χ3n) is 2.91. The molecule has 0 spiro atoms.